The Kier molecular flexibility index (Phi) is 4.07. The molecule has 4 saturated carbocycles. The second kappa shape index (κ2) is 6.23. The van der Waals surface area contributed by atoms with E-state index in [4.69, 9.17) is 4.74 Å². The lowest BCUT2D eigenvalue weighted by Gasteiger charge is -2.46. The third-order valence-electron chi connectivity index (χ3n) is 6.33. The average molecular weight is 326 g/mol. The van der Waals surface area contributed by atoms with E-state index in [0.717, 1.165) is 48.3 Å². The number of hydrazone groups is 1. The SMILES string of the molecule is COc1ccc(C=NNC(=O)C23CC4CCC(CC(C4)C2)C3)cc1. The zero-order valence-corrected chi connectivity index (χ0v) is 14.3. The monoisotopic (exact) mass is 326 g/mol. The summed E-state index contributed by atoms with van der Waals surface area (Å²) in [5.74, 6) is 3.25. The summed E-state index contributed by atoms with van der Waals surface area (Å²) >= 11 is 0. The zero-order chi connectivity index (χ0) is 16.6. The quantitative estimate of drug-likeness (QED) is 0.677. The molecule has 2 atom stereocenters. The van der Waals surface area contributed by atoms with Gasteiger partial charge < -0.3 is 4.74 Å². The summed E-state index contributed by atoms with van der Waals surface area (Å²) in [7, 11) is 1.65. The Bertz CT molecular complexity index is 622. The van der Waals surface area contributed by atoms with Crippen LogP contribution in [0.15, 0.2) is 29.4 Å². The van der Waals surface area contributed by atoms with Crippen molar-refractivity contribution in [2.75, 3.05) is 7.11 Å². The molecule has 5 rings (SSSR count). The number of nitrogens with one attached hydrogen (secondary N) is 1. The Morgan fingerprint density at radius 2 is 1.75 bits per heavy atom. The van der Waals surface area contributed by atoms with Crippen LogP contribution in [-0.4, -0.2) is 19.2 Å². The molecule has 1 aromatic rings. The molecule has 0 aromatic heterocycles. The standard InChI is InChI=1S/C20H26N2O2/c1-24-18-6-4-14(5-7-18)13-21-22-19(23)20-10-15-2-3-16(11-20)9-17(8-15)12-20/h4-7,13,15-17H,2-3,8-12H2,1H3,(H,22,23). The summed E-state index contributed by atoms with van der Waals surface area (Å²) in [6.07, 6.45) is 10.3. The zero-order valence-electron chi connectivity index (χ0n) is 14.3. The van der Waals surface area contributed by atoms with Gasteiger partial charge in [0.2, 0.25) is 5.91 Å². The minimum Gasteiger partial charge on any atom is -0.497 e. The Labute approximate surface area is 143 Å². The van der Waals surface area contributed by atoms with Crippen molar-refractivity contribution in [1.82, 2.24) is 5.43 Å². The van der Waals surface area contributed by atoms with Gasteiger partial charge in [-0.3, -0.25) is 4.79 Å². The fraction of sp³-hybridized carbons (Fsp3) is 0.600. The molecule has 4 bridgehead atoms. The maximum Gasteiger partial charge on any atom is 0.246 e. The molecule has 4 fully saturated rings. The van der Waals surface area contributed by atoms with Crippen molar-refractivity contribution in [2.45, 2.75) is 44.9 Å². The Morgan fingerprint density at radius 1 is 1.12 bits per heavy atom. The Morgan fingerprint density at radius 3 is 2.38 bits per heavy atom. The molecule has 4 aliphatic rings. The molecule has 128 valence electrons. The minimum absolute atomic E-state index is 0.147. The van der Waals surface area contributed by atoms with E-state index >= 15 is 0 Å². The topological polar surface area (TPSA) is 50.7 Å². The van der Waals surface area contributed by atoms with E-state index < -0.39 is 0 Å². The van der Waals surface area contributed by atoms with E-state index in [1.54, 1.807) is 13.3 Å². The highest BCUT2D eigenvalue weighted by Crippen LogP contribution is 2.57. The van der Waals surface area contributed by atoms with Gasteiger partial charge in [-0.25, -0.2) is 5.43 Å². The van der Waals surface area contributed by atoms with Crippen LogP contribution >= 0.6 is 0 Å². The number of carbonyl (C=O) groups excluding carboxylic acids is 1. The van der Waals surface area contributed by atoms with Crippen LogP contribution in [0.2, 0.25) is 0 Å². The van der Waals surface area contributed by atoms with E-state index in [-0.39, 0.29) is 11.3 Å². The Hall–Kier alpha value is -1.84. The molecule has 1 amide bonds. The molecule has 0 saturated heterocycles. The molecular formula is C20H26N2O2. The van der Waals surface area contributed by atoms with Gasteiger partial charge in [0.05, 0.1) is 18.7 Å². The first kappa shape index (κ1) is 15.7. The number of rotatable bonds is 4. The third-order valence-corrected chi connectivity index (χ3v) is 6.33. The van der Waals surface area contributed by atoms with Gasteiger partial charge in [0.25, 0.3) is 0 Å². The van der Waals surface area contributed by atoms with Gasteiger partial charge in [0.15, 0.2) is 0 Å². The van der Waals surface area contributed by atoms with E-state index in [9.17, 15) is 4.79 Å². The summed E-state index contributed by atoms with van der Waals surface area (Å²) in [5, 5.41) is 4.22. The summed E-state index contributed by atoms with van der Waals surface area (Å²) in [5.41, 5.74) is 3.65. The van der Waals surface area contributed by atoms with E-state index in [1.165, 1.54) is 25.7 Å². The normalized spacial score (nSPS) is 34.3. The van der Waals surface area contributed by atoms with Crippen molar-refractivity contribution in [3.8, 4) is 5.75 Å². The number of amides is 1. The highest BCUT2D eigenvalue weighted by Gasteiger charge is 2.52. The van der Waals surface area contributed by atoms with Crippen molar-refractivity contribution in [3.63, 3.8) is 0 Å². The molecule has 0 aliphatic heterocycles. The number of nitrogens with zero attached hydrogens (tertiary/aromatic N) is 1. The van der Waals surface area contributed by atoms with Crippen LogP contribution < -0.4 is 10.2 Å². The molecule has 24 heavy (non-hydrogen) atoms. The van der Waals surface area contributed by atoms with Crippen molar-refractivity contribution < 1.29 is 9.53 Å². The van der Waals surface area contributed by atoms with E-state index in [1.807, 2.05) is 24.3 Å². The minimum atomic E-state index is -0.149. The fourth-order valence-corrected chi connectivity index (χ4v) is 5.44. The second-order valence-electron chi connectivity index (χ2n) is 8.01. The molecule has 4 nitrogen and oxygen atoms in total. The molecule has 0 radical (unpaired) electrons. The molecule has 4 heteroatoms. The largest absolute Gasteiger partial charge is 0.497 e. The van der Waals surface area contributed by atoms with Crippen LogP contribution in [0.5, 0.6) is 5.75 Å². The van der Waals surface area contributed by atoms with Gasteiger partial charge in [-0.2, -0.15) is 5.10 Å². The molecular weight excluding hydrogens is 300 g/mol. The number of hydrogen-bond donors (Lipinski definition) is 1. The number of hydrogen-bond acceptors (Lipinski definition) is 3. The van der Waals surface area contributed by atoms with Crippen LogP contribution in [0.4, 0.5) is 0 Å². The maximum atomic E-state index is 12.9. The first-order chi connectivity index (χ1) is 11.7. The number of methoxy groups -OCH3 is 1. The lowest BCUT2D eigenvalue weighted by molar-refractivity contribution is -0.138. The number of ether oxygens (including phenoxy) is 1. The number of benzene rings is 1. The third kappa shape index (κ3) is 2.94. The first-order valence-corrected chi connectivity index (χ1v) is 9.14. The van der Waals surface area contributed by atoms with Gasteiger partial charge in [0.1, 0.15) is 5.75 Å². The second-order valence-corrected chi connectivity index (χ2v) is 8.01. The van der Waals surface area contributed by atoms with Gasteiger partial charge in [-0.15, -0.1) is 0 Å². The predicted octanol–water partition coefficient (Wildman–Crippen LogP) is 3.75. The smallest absolute Gasteiger partial charge is 0.246 e. The van der Waals surface area contributed by atoms with E-state index in [0.29, 0.717) is 0 Å². The highest BCUT2D eigenvalue weighted by molar-refractivity contribution is 5.85. The molecule has 1 N–H and O–H groups in total. The van der Waals surface area contributed by atoms with Crippen molar-refractivity contribution >= 4 is 12.1 Å². The van der Waals surface area contributed by atoms with Gasteiger partial charge in [-0.1, -0.05) is 12.8 Å². The lowest BCUT2D eigenvalue weighted by Crippen LogP contribution is -2.47. The number of fused-ring (bicyclic) bond motifs is 1. The predicted molar refractivity (Wildman–Crippen MR) is 94.0 cm³/mol. The molecule has 2 unspecified atom stereocenters. The summed E-state index contributed by atoms with van der Waals surface area (Å²) < 4.78 is 5.15. The Balaban J connectivity index is 1.43. The van der Waals surface area contributed by atoms with E-state index in [2.05, 4.69) is 10.5 Å². The van der Waals surface area contributed by atoms with Crippen LogP contribution in [0.25, 0.3) is 0 Å². The van der Waals surface area contributed by atoms with Crippen molar-refractivity contribution in [1.29, 1.82) is 0 Å². The van der Waals surface area contributed by atoms with Crippen LogP contribution in [0, 0.1) is 23.2 Å². The van der Waals surface area contributed by atoms with Gasteiger partial charge in [-0.05, 0) is 79.7 Å². The van der Waals surface area contributed by atoms with Crippen molar-refractivity contribution in [3.05, 3.63) is 29.8 Å². The van der Waals surface area contributed by atoms with Gasteiger partial charge >= 0.3 is 0 Å². The molecule has 0 spiro atoms. The lowest BCUT2D eigenvalue weighted by atomic mass is 9.58. The summed E-state index contributed by atoms with van der Waals surface area (Å²) in [6.45, 7) is 0. The maximum absolute atomic E-state index is 12.9. The van der Waals surface area contributed by atoms with Crippen LogP contribution in [0.1, 0.15) is 50.5 Å². The highest BCUT2D eigenvalue weighted by atomic mass is 16.5. The summed E-state index contributed by atoms with van der Waals surface area (Å²) in [4.78, 5) is 12.9. The van der Waals surface area contributed by atoms with Crippen molar-refractivity contribution in [2.24, 2.45) is 28.3 Å². The number of carbonyl (C=O) groups is 1. The van der Waals surface area contributed by atoms with Crippen LogP contribution in [-0.2, 0) is 4.79 Å². The fourth-order valence-electron chi connectivity index (χ4n) is 5.44. The summed E-state index contributed by atoms with van der Waals surface area (Å²) in [6, 6.07) is 7.66. The molecule has 0 heterocycles. The van der Waals surface area contributed by atoms with Gasteiger partial charge in [0, 0.05) is 0 Å². The van der Waals surface area contributed by atoms with Crippen LogP contribution in [0.3, 0.4) is 0 Å². The molecule has 4 aliphatic carbocycles. The average Bonchev–Trinajstić information content (AvgIpc) is 2.81. The first-order valence-electron chi connectivity index (χ1n) is 9.14. The molecule has 1 aromatic carbocycles.